The summed E-state index contributed by atoms with van der Waals surface area (Å²) in [5.74, 6) is -0.412. The fourth-order valence-corrected chi connectivity index (χ4v) is 1.32. The molecule has 0 aliphatic heterocycles. The Labute approximate surface area is 87.3 Å². The highest BCUT2D eigenvalue weighted by Crippen LogP contribution is 2.24. The van der Waals surface area contributed by atoms with E-state index in [1.165, 1.54) is 0 Å². The van der Waals surface area contributed by atoms with Crippen molar-refractivity contribution in [2.24, 2.45) is 5.92 Å². The number of rotatable bonds is 4. The van der Waals surface area contributed by atoms with Crippen molar-refractivity contribution in [1.82, 2.24) is 0 Å². The molecular weight excluding hydrogens is 203 g/mol. The van der Waals surface area contributed by atoms with Crippen LogP contribution in [0.3, 0.4) is 0 Å². The van der Waals surface area contributed by atoms with E-state index in [4.69, 9.17) is 0 Å². The lowest BCUT2D eigenvalue weighted by atomic mass is 10.1. The Bertz CT molecular complexity index is 282. The van der Waals surface area contributed by atoms with Gasteiger partial charge in [0.2, 0.25) is 0 Å². The Morgan fingerprint density at radius 2 is 1.80 bits per heavy atom. The molecule has 1 rings (SSSR count). The summed E-state index contributed by atoms with van der Waals surface area (Å²) in [4.78, 5) is 0. The van der Waals surface area contributed by atoms with Crippen molar-refractivity contribution in [2.45, 2.75) is 19.5 Å². The molecule has 0 amide bonds. The van der Waals surface area contributed by atoms with Gasteiger partial charge in [0.05, 0.1) is 0 Å². The van der Waals surface area contributed by atoms with Gasteiger partial charge in [-0.2, -0.15) is 13.2 Å². The maximum absolute atomic E-state index is 12.0. The molecule has 0 saturated heterocycles. The molecule has 1 unspecified atom stereocenters. The number of benzene rings is 1. The zero-order valence-corrected chi connectivity index (χ0v) is 8.51. The van der Waals surface area contributed by atoms with Gasteiger partial charge >= 0.3 is 6.18 Å². The Morgan fingerprint density at radius 1 is 1.20 bits per heavy atom. The van der Waals surface area contributed by atoms with Crippen LogP contribution in [0.1, 0.15) is 13.3 Å². The molecule has 0 aliphatic carbocycles. The van der Waals surface area contributed by atoms with Gasteiger partial charge in [-0.1, -0.05) is 25.1 Å². The van der Waals surface area contributed by atoms with E-state index in [0.29, 0.717) is 6.54 Å². The number of hydrogen-bond donors (Lipinski definition) is 1. The molecule has 0 spiro atoms. The summed E-state index contributed by atoms with van der Waals surface area (Å²) >= 11 is 0. The number of para-hydroxylation sites is 1. The number of halogens is 3. The fourth-order valence-electron chi connectivity index (χ4n) is 1.32. The van der Waals surface area contributed by atoms with E-state index in [1.807, 2.05) is 30.3 Å². The first-order valence-corrected chi connectivity index (χ1v) is 4.83. The molecule has 1 N–H and O–H groups in total. The van der Waals surface area contributed by atoms with Crippen LogP contribution in [0, 0.1) is 5.92 Å². The van der Waals surface area contributed by atoms with Crippen molar-refractivity contribution in [2.75, 3.05) is 11.9 Å². The molecular formula is C11H14F3N. The minimum Gasteiger partial charge on any atom is -0.385 e. The second kappa shape index (κ2) is 5.05. The third-order valence-electron chi connectivity index (χ3n) is 2.01. The maximum Gasteiger partial charge on any atom is 0.389 e. The minimum absolute atomic E-state index is 0.337. The summed E-state index contributed by atoms with van der Waals surface area (Å²) < 4.78 is 36.0. The summed E-state index contributed by atoms with van der Waals surface area (Å²) in [5.41, 5.74) is 0.853. The molecule has 0 saturated carbocycles. The molecule has 15 heavy (non-hydrogen) atoms. The Balaban J connectivity index is 2.32. The van der Waals surface area contributed by atoms with Gasteiger partial charge in [0.1, 0.15) is 0 Å². The highest BCUT2D eigenvalue weighted by atomic mass is 19.4. The lowest BCUT2D eigenvalue weighted by Crippen LogP contribution is -2.19. The summed E-state index contributed by atoms with van der Waals surface area (Å²) in [6.07, 6.45) is -4.81. The van der Waals surface area contributed by atoms with Crippen LogP contribution in [0.5, 0.6) is 0 Å². The fraction of sp³-hybridized carbons (Fsp3) is 0.455. The molecule has 0 aliphatic rings. The van der Waals surface area contributed by atoms with E-state index < -0.39 is 18.5 Å². The predicted molar refractivity (Wildman–Crippen MR) is 54.8 cm³/mol. The van der Waals surface area contributed by atoms with Gasteiger partial charge in [-0.25, -0.2) is 0 Å². The molecule has 0 radical (unpaired) electrons. The van der Waals surface area contributed by atoms with E-state index in [0.717, 1.165) is 5.69 Å². The van der Waals surface area contributed by atoms with Crippen molar-refractivity contribution in [3.05, 3.63) is 30.3 Å². The van der Waals surface area contributed by atoms with Crippen molar-refractivity contribution in [1.29, 1.82) is 0 Å². The first kappa shape index (κ1) is 11.9. The standard InChI is InChI=1S/C11H14F3N/c1-9(7-11(12,13)14)8-15-10-5-3-2-4-6-10/h2-6,9,15H,7-8H2,1H3. The van der Waals surface area contributed by atoms with Crippen LogP contribution in [0.25, 0.3) is 0 Å². The zero-order valence-electron chi connectivity index (χ0n) is 8.51. The molecule has 4 heteroatoms. The van der Waals surface area contributed by atoms with Crippen molar-refractivity contribution < 1.29 is 13.2 Å². The first-order chi connectivity index (χ1) is 6.97. The van der Waals surface area contributed by atoms with E-state index >= 15 is 0 Å². The predicted octanol–water partition coefficient (Wildman–Crippen LogP) is 3.69. The summed E-state index contributed by atoms with van der Waals surface area (Å²) in [6.45, 7) is 1.92. The quantitative estimate of drug-likeness (QED) is 0.811. The van der Waals surface area contributed by atoms with E-state index in [2.05, 4.69) is 5.32 Å². The normalized spacial score (nSPS) is 13.6. The average molecular weight is 217 g/mol. The average Bonchev–Trinajstić information content (AvgIpc) is 2.14. The molecule has 0 heterocycles. The number of hydrogen-bond acceptors (Lipinski definition) is 1. The largest absolute Gasteiger partial charge is 0.389 e. The second-order valence-corrected chi connectivity index (χ2v) is 3.67. The molecule has 1 aromatic carbocycles. The van der Waals surface area contributed by atoms with Gasteiger partial charge in [-0.3, -0.25) is 0 Å². The number of anilines is 1. The SMILES string of the molecule is CC(CNc1ccccc1)CC(F)(F)F. The second-order valence-electron chi connectivity index (χ2n) is 3.67. The molecule has 84 valence electrons. The number of alkyl halides is 3. The monoisotopic (exact) mass is 217 g/mol. The molecule has 0 aromatic heterocycles. The summed E-state index contributed by atoms with van der Waals surface area (Å²) in [5, 5.41) is 2.97. The Hall–Kier alpha value is -1.19. The van der Waals surface area contributed by atoms with Crippen LogP contribution >= 0.6 is 0 Å². The minimum atomic E-state index is -4.07. The molecule has 1 nitrogen and oxygen atoms in total. The smallest absolute Gasteiger partial charge is 0.385 e. The van der Waals surface area contributed by atoms with Crippen LogP contribution in [0.2, 0.25) is 0 Å². The lowest BCUT2D eigenvalue weighted by Gasteiger charge is -2.15. The van der Waals surface area contributed by atoms with Crippen LogP contribution in [0.15, 0.2) is 30.3 Å². The van der Waals surface area contributed by atoms with E-state index in [-0.39, 0.29) is 0 Å². The van der Waals surface area contributed by atoms with Gasteiger partial charge in [0, 0.05) is 18.7 Å². The van der Waals surface area contributed by atoms with Gasteiger partial charge < -0.3 is 5.32 Å². The summed E-state index contributed by atoms with van der Waals surface area (Å²) in [7, 11) is 0. The van der Waals surface area contributed by atoms with Crippen LogP contribution in [-0.4, -0.2) is 12.7 Å². The van der Waals surface area contributed by atoms with Gasteiger partial charge in [0.15, 0.2) is 0 Å². The first-order valence-electron chi connectivity index (χ1n) is 4.83. The molecule has 0 bridgehead atoms. The van der Waals surface area contributed by atoms with Crippen LogP contribution in [-0.2, 0) is 0 Å². The third-order valence-corrected chi connectivity index (χ3v) is 2.01. The zero-order chi connectivity index (χ0) is 11.3. The highest BCUT2D eigenvalue weighted by Gasteiger charge is 2.29. The molecule has 0 fully saturated rings. The van der Waals surface area contributed by atoms with Gasteiger partial charge in [-0.05, 0) is 18.1 Å². The highest BCUT2D eigenvalue weighted by molar-refractivity contribution is 5.42. The Morgan fingerprint density at radius 3 is 2.33 bits per heavy atom. The topological polar surface area (TPSA) is 12.0 Å². The maximum atomic E-state index is 12.0. The van der Waals surface area contributed by atoms with Gasteiger partial charge in [-0.15, -0.1) is 0 Å². The number of nitrogens with one attached hydrogen (secondary N) is 1. The van der Waals surface area contributed by atoms with E-state index in [1.54, 1.807) is 6.92 Å². The van der Waals surface area contributed by atoms with Gasteiger partial charge in [0.25, 0.3) is 0 Å². The summed E-state index contributed by atoms with van der Waals surface area (Å²) in [6, 6.07) is 9.22. The Kier molecular flexibility index (Phi) is 4.00. The third kappa shape index (κ3) is 5.30. The van der Waals surface area contributed by atoms with Crippen molar-refractivity contribution in [3.63, 3.8) is 0 Å². The van der Waals surface area contributed by atoms with E-state index in [9.17, 15) is 13.2 Å². The van der Waals surface area contributed by atoms with Crippen LogP contribution in [0.4, 0.5) is 18.9 Å². The van der Waals surface area contributed by atoms with Crippen molar-refractivity contribution >= 4 is 5.69 Å². The van der Waals surface area contributed by atoms with Crippen LogP contribution < -0.4 is 5.32 Å². The lowest BCUT2D eigenvalue weighted by molar-refractivity contribution is -0.142. The molecule has 1 aromatic rings. The van der Waals surface area contributed by atoms with Crippen molar-refractivity contribution in [3.8, 4) is 0 Å². The molecule has 1 atom stereocenters.